The normalized spacial score (nSPS) is 16.9. The van der Waals surface area contributed by atoms with Crippen LogP contribution in [0.4, 0.5) is 9.93 Å². The average Bonchev–Trinajstić information content (AvgIpc) is 3.27. The second kappa shape index (κ2) is 9.70. The fourth-order valence-electron chi connectivity index (χ4n) is 5.16. The minimum atomic E-state index is -0.188. The molecule has 2 fully saturated rings. The van der Waals surface area contributed by atoms with Gasteiger partial charge in [-0.1, -0.05) is 23.5 Å². The molecule has 36 heavy (non-hydrogen) atoms. The van der Waals surface area contributed by atoms with Crippen LogP contribution in [0, 0.1) is 25.2 Å². The number of hydrogen-bond acceptors (Lipinski definition) is 6. The van der Waals surface area contributed by atoms with Crippen molar-refractivity contribution in [1.29, 1.82) is 5.26 Å². The fraction of sp³-hybridized carbons (Fsp3) is 0.370. The minimum absolute atomic E-state index is 0.115. The number of rotatable bonds is 3. The first-order chi connectivity index (χ1) is 17.3. The number of nitrogens with one attached hydrogen (secondary N) is 2. The third-order valence-electron chi connectivity index (χ3n) is 6.92. The fourth-order valence-corrected chi connectivity index (χ4v) is 6.12. The molecular weight excluding hydrogens is 472 g/mol. The van der Waals surface area contributed by atoms with Crippen molar-refractivity contribution in [2.75, 3.05) is 18.4 Å². The molecule has 9 heteroatoms. The zero-order valence-corrected chi connectivity index (χ0v) is 21.2. The van der Waals surface area contributed by atoms with Crippen LogP contribution in [0.1, 0.15) is 49.1 Å². The summed E-state index contributed by atoms with van der Waals surface area (Å²) in [6.07, 6.45) is 3.99. The van der Waals surface area contributed by atoms with Crippen molar-refractivity contribution in [3.05, 3.63) is 53.3 Å². The number of amides is 3. The van der Waals surface area contributed by atoms with Crippen molar-refractivity contribution in [1.82, 2.24) is 20.2 Å². The van der Waals surface area contributed by atoms with Crippen molar-refractivity contribution in [2.24, 2.45) is 0 Å². The van der Waals surface area contributed by atoms with Crippen molar-refractivity contribution in [3.8, 4) is 27.8 Å². The summed E-state index contributed by atoms with van der Waals surface area (Å²) in [5, 5.41) is 16.1. The highest BCUT2D eigenvalue weighted by Gasteiger charge is 2.39. The van der Waals surface area contributed by atoms with E-state index in [4.69, 9.17) is 4.98 Å². The smallest absolute Gasteiger partial charge is 0.323 e. The Morgan fingerprint density at radius 3 is 2.56 bits per heavy atom. The van der Waals surface area contributed by atoms with Gasteiger partial charge in [0, 0.05) is 42.0 Å². The van der Waals surface area contributed by atoms with E-state index in [0.29, 0.717) is 30.2 Å². The van der Waals surface area contributed by atoms with Gasteiger partial charge in [-0.3, -0.25) is 15.1 Å². The van der Waals surface area contributed by atoms with E-state index in [-0.39, 0.29) is 17.5 Å². The zero-order valence-electron chi connectivity index (χ0n) is 20.4. The second-order valence-electron chi connectivity index (χ2n) is 9.63. The molecule has 0 aliphatic carbocycles. The summed E-state index contributed by atoms with van der Waals surface area (Å²) in [7, 11) is 0. The number of anilines is 1. The van der Waals surface area contributed by atoms with Gasteiger partial charge >= 0.3 is 6.03 Å². The Morgan fingerprint density at radius 2 is 1.86 bits per heavy atom. The lowest BCUT2D eigenvalue weighted by Crippen LogP contribution is -2.58. The molecule has 0 radical (unpaired) electrons. The number of carbonyl (C=O) groups is 2. The van der Waals surface area contributed by atoms with Crippen LogP contribution in [0.3, 0.4) is 0 Å². The molecule has 4 heterocycles. The number of nitrogens with zero attached hydrogens (tertiary/aromatic N) is 4. The molecule has 0 atom stereocenters. The van der Waals surface area contributed by atoms with Crippen molar-refractivity contribution >= 4 is 28.4 Å². The van der Waals surface area contributed by atoms with Gasteiger partial charge in [-0.05, 0) is 69.4 Å². The molecule has 0 saturated carbocycles. The van der Waals surface area contributed by atoms with Crippen LogP contribution in [-0.2, 0) is 4.79 Å². The summed E-state index contributed by atoms with van der Waals surface area (Å²) < 4.78 is 0. The Hall–Kier alpha value is -3.77. The van der Waals surface area contributed by atoms with Gasteiger partial charge in [0.15, 0.2) is 5.13 Å². The Balaban J connectivity index is 1.40. The third kappa shape index (κ3) is 4.95. The van der Waals surface area contributed by atoms with Crippen LogP contribution in [0.2, 0.25) is 0 Å². The van der Waals surface area contributed by atoms with Gasteiger partial charge in [0.2, 0.25) is 5.91 Å². The van der Waals surface area contributed by atoms with Gasteiger partial charge in [0.25, 0.3) is 0 Å². The van der Waals surface area contributed by atoms with E-state index in [0.717, 1.165) is 58.8 Å². The molecule has 1 spiro atoms. The predicted molar refractivity (Wildman–Crippen MR) is 140 cm³/mol. The number of piperidine rings is 2. The lowest BCUT2D eigenvalue weighted by molar-refractivity contribution is -0.125. The van der Waals surface area contributed by atoms with E-state index < -0.39 is 0 Å². The highest BCUT2D eigenvalue weighted by molar-refractivity contribution is 7.19. The Kier molecular flexibility index (Phi) is 6.46. The molecule has 0 bridgehead atoms. The molecule has 2 saturated heterocycles. The Labute approximate surface area is 214 Å². The first kappa shape index (κ1) is 23.9. The molecule has 0 unspecified atom stereocenters. The molecule has 2 aliphatic heterocycles. The maximum atomic E-state index is 13.1. The third-order valence-corrected chi connectivity index (χ3v) is 7.94. The van der Waals surface area contributed by atoms with Gasteiger partial charge < -0.3 is 10.2 Å². The number of hydrogen-bond donors (Lipinski definition) is 2. The predicted octanol–water partition coefficient (Wildman–Crippen LogP) is 5.03. The van der Waals surface area contributed by atoms with Crippen molar-refractivity contribution in [3.63, 3.8) is 0 Å². The summed E-state index contributed by atoms with van der Waals surface area (Å²) in [4.78, 5) is 37.0. The minimum Gasteiger partial charge on any atom is -0.351 e. The highest BCUT2D eigenvalue weighted by Crippen LogP contribution is 2.40. The average molecular weight is 501 g/mol. The number of urea groups is 1. The highest BCUT2D eigenvalue weighted by atomic mass is 32.1. The number of thiazole rings is 1. The van der Waals surface area contributed by atoms with Gasteiger partial charge in [-0.15, -0.1) is 0 Å². The number of benzene rings is 1. The summed E-state index contributed by atoms with van der Waals surface area (Å²) >= 11 is 1.42. The van der Waals surface area contributed by atoms with Crippen molar-refractivity contribution in [2.45, 2.75) is 51.5 Å². The standard InChI is InChI=1S/C27H28N6O2S/c1-17-13-21(14-18(2)29-17)24-23(20-6-3-5-19(15-20)16-28)30-25(36-24)31-26(35)33-11-9-27(10-12-33)8-4-7-22(34)32-27/h3,5-6,13-15H,4,7-12H2,1-2H3,(H,32,34)(H,30,31,35). The van der Waals surface area contributed by atoms with Gasteiger partial charge in [0.1, 0.15) is 0 Å². The number of carbonyl (C=O) groups excluding carboxylic acids is 2. The van der Waals surface area contributed by atoms with Crippen LogP contribution >= 0.6 is 11.3 Å². The van der Waals surface area contributed by atoms with Crippen molar-refractivity contribution < 1.29 is 9.59 Å². The number of pyridine rings is 1. The lowest BCUT2D eigenvalue weighted by Gasteiger charge is -2.44. The van der Waals surface area contributed by atoms with E-state index in [1.165, 1.54) is 11.3 Å². The quantitative estimate of drug-likeness (QED) is 0.524. The molecule has 184 valence electrons. The molecule has 1 aromatic carbocycles. The zero-order chi connectivity index (χ0) is 25.3. The molecule has 2 N–H and O–H groups in total. The molecule has 5 rings (SSSR count). The van der Waals surface area contributed by atoms with E-state index in [9.17, 15) is 14.9 Å². The summed E-state index contributed by atoms with van der Waals surface area (Å²) in [5.74, 6) is 0.115. The van der Waals surface area contributed by atoms with E-state index in [2.05, 4.69) is 21.7 Å². The number of aromatic nitrogens is 2. The first-order valence-corrected chi connectivity index (χ1v) is 13.0. The molecule has 2 aromatic heterocycles. The maximum absolute atomic E-state index is 13.1. The molecular formula is C27H28N6O2S. The van der Waals surface area contributed by atoms with Crippen LogP contribution < -0.4 is 10.6 Å². The van der Waals surface area contributed by atoms with Gasteiger partial charge in [-0.2, -0.15) is 5.26 Å². The topological polar surface area (TPSA) is 111 Å². The van der Waals surface area contributed by atoms with Crippen LogP contribution in [-0.4, -0.2) is 45.4 Å². The summed E-state index contributed by atoms with van der Waals surface area (Å²) in [6.45, 7) is 5.08. The number of nitriles is 1. The maximum Gasteiger partial charge on any atom is 0.323 e. The van der Waals surface area contributed by atoms with Crippen LogP contribution in [0.5, 0.6) is 0 Å². The summed E-state index contributed by atoms with van der Waals surface area (Å²) in [6, 6.07) is 13.3. The molecule has 3 aromatic rings. The van der Waals surface area contributed by atoms with Crippen LogP contribution in [0.15, 0.2) is 36.4 Å². The molecule has 3 amide bonds. The molecule has 8 nitrogen and oxygen atoms in total. The van der Waals surface area contributed by atoms with Gasteiger partial charge in [0.05, 0.1) is 22.2 Å². The van der Waals surface area contributed by atoms with Crippen LogP contribution in [0.25, 0.3) is 21.7 Å². The van der Waals surface area contributed by atoms with Gasteiger partial charge in [-0.25, -0.2) is 9.78 Å². The second-order valence-corrected chi connectivity index (χ2v) is 10.6. The van der Waals surface area contributed by atoms with E-state index >= 15 is 0 Å². The largest absolute Gasteiger partial charge is 0.351 e. The molecule has 2 aliphatic rings. The van der Waals surface area contributed by atoms with E-state index in [1.807, 2.05) is 44.2 Å². The lowest BCUT2D eigenvalue weighted by atomic mass is 9.80. The SMILES string of the molecule is Cc1cc(-c2sc(NC(=O)N3CCC4(CCCC(=O)N4)CC3)nc2-c2cccc(C#N)c2)cc(C)n1. The summed E-state index contributed by atoms with van der Waals surface area (Å²) in [5.41, 5.74) is 4.70. The monoisotopic (exact) mass is 500 g/mol. The Bertz CT molecular complexity index is 1350. The Morgan fingerprint density at radius 1 is 1.11 bits per heavy atom. The van der Waals surface area contributed by atoms with E-state index in [1.54, 1.807) is 11.0 Å². The number of likely N-dealkylation sites (tertiary alicyclic amines) is 1. The number of aryl methyl sites for hydroxylation is 2. The first-order valence-electron chi connectivity index (χ1n) is 12.2.